The summed E-state index contributed by atoms with van der Waals surface area (Å²) in [5, 5.41) is 0.858. The molecule has 0 aliphatic carbocycles. The second kappa shape index (κ2) is 6.47. The van der Waals surface area contributed by atoms with Gasteiger partial charge in [-0.2, -0.15) is 0 Å². The molecule has 0 radical (unpaired) electrons. The van der Waals surface area contributed by atoms with Gasteiger partial charge in [-0.1, -0.05) is 11.6 Å². The number of hydrogen-bond acceptors (Lipinski definition) is 4. The molecule has 20 heavy (non-hydrogen) atoms. The molecule has 0 aliphatic heterocycles. The molecule has 106 valence electrons. The van der Waals surface area contributed by atoms with Gasteiger partial charge in [0.2, 0.25) is 0 Å². The molecule has 2 N–H and O–H groups in total. The highest BCUT2D eigenvalue weighted by Gasteiger charge is 2.20. The number of aromatic nitrogens is 2. The minimum Gasteiger partial charge on any atom is -0.329 e. The average Bonchev–Trinajstić information content (AvgIpc) is 2.40. The number of thioether (sulfide) groups is 1. The summed E-state index contributed by atoms with van der Waals surface area (Å²) in [5.74, 6) is -1.83. The number of nitrogens with two attached hydrogens (primary N) is 1. The Hall–Kier alpha value is -1.24. The molecule has 0 saturated carbocycles. The van der Waals surface area contributed by atoms with Crippen LogP contribution in [0.3, 0.4) is 0 Å². The molecule has 1 atom stereocenters. The van der Waals surface area contributed by atoms with Gasteiger partial charge in [0.1, 0.15) is 16.7 Å². The van der Waals surface area contributed by atoms with Crippen molar-refractivity contribution < 1.29 is 8.78 Å². The van der Waals surface area contributed by atoms with Crippen molar-refractivity contribution in [2.24, 2.45) is 5.73 Å². The van der Waals surface area contributed by atoms with Crippen molar-refractivity contribution in [2.45, 2.75) is 10.9 Å². The molecular weight excluding hydrogens is 304 g/mol. The van der Waals surface area contributed by atoms with Crippen molar-refractivity contribution in [1.82, 2.24) is 9.97 Å². The highest BCUT2D eigenvalue weighted by molar-refractivity contribution is 7.98. The van der Waals surface area contributed by atoms with Crippen LogP contribution in [0.2, 0.25) is 5.15 Å². The minimum atomic E-state index is -0.664. The van der Waals surface area contributed by atoms with Gasteiger partial charge in [0.15, 0.2) is 5.15 Å². The van der Waals surface area contributed by atoms with Crippen molar-refractivity contribution in [3.63, 3.8) is 0 Å². The number of hydrogen-bond donors (Lipinski definition) is 1. The molecule has 0 unspecified atom stereocenters. The van der Waals surface area contributed by atoms with E-state index in [4.69, 9.17) is 17.3 Å². The van der Waals surface area contributed by atoms with E-state index in [1.807, 2.05) is 6.26 Å². The molecule has 0 amide bonds. The minimum absolute atomic E-state index is 0.121. The van der Waals surface area contributed by atoms with E-state index in [1.54, 1.807) is 6.20 Å². The highest BCUT2D eigenvalue weighted by Crippen LogP contribution is 2.29. The average molecular weight is 316 g/mol. The lowest BCUT2D eigenvalue weighted by Gasteiger charge is -2.16. The van der Waals surface area contributed by atoms with Gasteiger partial charge < -0.3 is 5.73 Å². The van der Waals surface area contributed by atoms with Gasteiger partial charge in [0.05, 0.1) is 11.9 Å². The molecule has 1 heterocycles. The summed E-state index contributed by atoms with van der Waals surface area (Å²) in [4.78, 5) is 8.37. The zero-order chi connectivity index (χ0) is 14.7. The Morgan fingerprint density at radius 3 is 2.45 bits per heavy atom. The van der Waals surface area contributed by atoms with Crippen molar-refractivity contribution in [3.05, 3.63) is 52.4 Å². The molecule has 0 fully saturated rings. The van der Waals surface area contributed by atoms with Gasteiger partial charge in [-0.05, 0) is 24.0 Å². The summed E-state index contributed by atoms with van der Waals surface area (Å²) >= 11 is 7.48. The van der Waals surface area contributed by atoms with Crippen molar-refractivity contribution in [1.29, 1.82) is 0 Å². The van der Waals surface area contributed by atoms with E-state index >= 15 is 0 Å². The first-order valence-corrected chi connectivity index (χ1v) is 7.38. The molecule has 1 aromatic carbocycles. The summed E-state index contributed by atoms with van der Waals surface area (Å²) in [6.07, 6.45) is 3.41. The molecular formula is C13H12ClF2N3S. The van der Waals surface area contributed by atoms with E-state index in [1.165, 1.54) is 23.9 Å². The third kappa shape index (κ3) is 3.26. The lowest BCUT2D eigenvalue weighted by molar-refractivity contribution is 0.576. The van der Waals surface area contributed by atoms with Crippen LogP contribution >= 0.6 is 23.4 Å². The summed E-state index contributed by atoms with van der Waals surface area (Å²) in [6.45, 7) is 0.121. The first-order valence-electron chi connectivity index (χ1n) is 5.77. The Kier molecular flexibility index (Phi) is 4.91. The smallest absolute Gasteiger partial charge is 0.152 e. The molecule has 1 aromatic heterocycles. The second-order valence-electron chi connectivity index (χ2n) is 4.08. The topological polar surface area (TPSA) is 51.8 Å². The lowest BCUT2D eigenvalue weighted by Crippen LogP contribution is -2.16. The van der Waals surface area contributed by atoms with E-state index in [9.17, 15) is 8.78 Å². The third-order valence-electron chi connectivity index (χ3n) is 2.80. The van der Waals surface area contributed by atoms with Crippen LogP contribution in [-0.4, -0.2) is 22.8 Å². The maximum absolute atomic E-state index is 13.3. The Bertz CT molecular complexity index is 604. The number of halogens is 3. The fourth-order valence-electron chi connectivity index (χ4n) is 1.87. The lowest BCUT2D eigenvalue weighted by atomic mass is 9.96. The maximum Gasteiger partial charge on any atom is 0.152 e. The first-order chi connectivity index (χ1) is 9.55. The fourth-order valence-corrected chi connectivity index (χ4v) is 2.54. The molecule has 2 rings (SSSR count). The zero-order valence-corrected chi connectivity index (χ0v) is 12.2. The molecule has 7 heteroatoms. The highest BCUT2D eigenvalue weighted by atomic mass is 35.5. The molecule has 0 saturated heterocycles. The largest absolute Gasteiger partial charge is 0.329 e. The Morgan fingerprint density at radius 2 is 1.95 bits per heavy atom. The van der Waals surface area contributed by atoms with Crippen molar-refractivity contribution in [2.75, 3.05) is 12.8 Å². The zero-order valence-electron chi connectivity index (χ0n) is 10.6. The van der Waals surface area contributed by atoms with E-state index in [2.05, 4.69) is 9.97 Å². The normalized spacial score (nSPS) is 12.4. The molecule has 3 nitrogen and oxygen atoms in total. The van der Waals surface area contributed by atoms with Gasteiger partial charge in [-0.25, -0.2) is 13.8 Å². The van der Waals surface area contributed by atoms with Gasteiger partial charge in [-0.15, -0.1) is 11.8 Å². The first kappa shape index (κ1) is 15.2. The van der Waals surface area contributed by atoms with Crippen LogP contribution in [0, 0.1) is 11.6 Å². The van der Waals surface area contributed by atoms with E-state index in [0.29, 0.717) is 16.3 Å². The second-order valence-corrected chi connectivity index (χ2v) is 5.26. The summed E-state index contributed by atoms with van der Waals surface area (Å²) < 4.78 is 26.6. The predicted molar refractivity (Wildman–Crippen MR) is 76.1 cm³/mol. The Labute approximate surface area is 124 Å². The SMILES string of the molecule is CSc1cnc([C@H](CN)c2cc(F)cc(F)c2)c(Cl)n1. The molecule has 0 spiro atoms. The van der Waals surface area contributed by atoms with Crippen LogP contribution in [0.1, 0.15) is 17.2 Å². The number of rotatable bonds is 4. The molecule has 2 aromatic rings. The van der Waals surface area contributed by atoms with Gasteiger partial charge in [0, 0.05) is 18.5 Å². The predicted octanol–water partition coefficient (Wildman–Crippen LogP) is 3.22. The molecule has 0 bridgehead atoms. The molecule has 0 aliphatic rings. The van der Waals surface area contributed by atoms with Crippen LogP contribution in [0.25, 0.3) is 0 Å². The summed E-state index contributed by atoms with van der Waals surface area (Å²) in [6, 6.07) is 3.25. The van der Waals surface area contributed by atoms with E-state index in [-0.39, 0.29) is 11.7 Å². The summed E-state index contributed by atoms with van der Waals surface area (Å²) in [5.41, 5.74) is 6.50. The van der Waals surface area contributed by atoms with Crippen LogP contribution in [-0.2, 0) is 0 Å². The van der Waals surface area contributed by atoms with Gasteiger partial charge in [-0.3, -0.25) is 4.98 Å². The fraction of sp³-hybridized carbons (Fsp3) is 0.231. The monoisotopic (exact) mass is 315 g/mol. The Morgan fingerprint density at radius 1 is 1.30 bits per heavy atom. The van der Waals surface area contributed by atoms with Crippen molar-refractivity contribution in [3.8, 4) is 0 Å². The van der Waals surface area contributed by atoms with Gasteiger partial charge >= 0.3 is 0 Å². The quantitative estimate of drug-likeness (QED) is 0.880. The summed E-state index contributed by atoms with van der Waals surface area (Å²) in [7, 11) is 0. The number of benzene rings is 1. The van der Waals surface area contributed by atoms with Crippen LogP contribution in [0.5, 0.6) is 0 Å². The van der Waals surface area contributed by atoms with Crippen molar-refractivity contribution >= 4 is 23.4 Å². The van der Waals surface area contributed by atoms with Crippen LogP contribution in [0.15, 0.2) is 29.4 Å². The van der Waals surface area contributed by atoms with E-state index in [0.717, 1.165) is 6.07 Å². The maximum atomic E-state index is 13.3. The standard InChI is InChI=1S/C13H12ClF2N3S/c1-20-11-6-18-12(13(14)19-11)10(5-17)7-2-8(15)4-9(16)3-7/h2-4,6,10H,5,17H2,1H3/t10-/m1/s1. The van der Waals surface area contributed by atoms with E-state index < -0.39 is 17.6 Å². The third-order valence-corrected chi connectivity index (χ3v) is 3.69. The van der Waals surface area contributed by atoms with Crippen LogP contribution < -0.4 is 5.73 Å². The van der Waals surface area contributed by atoms with Gasteiger partial charge in [0.25, 0.3) is 0 Å². The Balaban J connectivity index is 2.46. The number of nitrogens with zero attached hydrogens (tertiary/aromatic N) is 2. The van der Waals surface area contributed by atoms with Crippen LogP contribution in [0.4, 0.5) is 8.78 Å².